The molecule has 0 aliphatic carbocycles. The van der Waals surface area contributed by atoms with Crippen LogP contribution in [0.5, 0.6) is 0 Å². The van der Waals surface area contributed by atoms with Crippen LogP contribution in [0.4, 0.5) is 5.69 Å². The van der Waals surface area contributed by atoms with E-state index in [1.807, 2.05) is 0 Å². The van der Waals surface area contributed by atoms with Crippen LogP contribution in [0.25, 0.3) is 22.4 Å². The Kier molecular flexibility index (Phi) is 4.80. The lowest BCUT2D eigenvalue weighted by Gasteiger charge is -2.09. The number of carbonyl (C=O) groups excluding carboxylic acids is 1. The number of non-ortho nitro benzene ring substituents is 1. The van der Waals surface area contributed by atoms with Crippen molar-refractivity contribution in [1.29, 1.82) is 0 Å². The standard InChI is InChI=1S/C20H13N3O7/c1-11(18-21-22-19(30-18)12-6-8-13(9-7-12)23(26)27)28-20(25)17-10-15(24)14-4-2-3-5-16(14)29-17/h2-11H,1H3/t11-/m1/s1. The highest BCUT2D eigenvalue weighted by Crippen LogP contribution is 2.25. The maximum absolute atomic E-state index is 12.4. The van der Waals surface area contributed by atoms with Gasteiger partial charge in [-0.3, -0.25) is 14.9 Å². The second kappa shape index (κ2) is 7.59. The normalized spacial score (nSPS) is 11.9. The largest absolute Gasteiger partial charge is 0.449 e. The van der Waals surface area contributed by atoms with E-state index in [9.17, 15) is 19.7 Å². The molecule has 10 heteroatoms. The molecule has 0 bridgehead atoms. The Morgan fingerprint density at radius 3 is 2.57 bits per heavy atom. The predicted octanol–water partition coefficient (Wildman–Crippen LogP) is 3.67. The molecule has 150 valence electrons. The van der Waals surface area contributed by atoms with Gasteiger partial charge in [-0.25, -0.2) is 4.79 Å². The summed E-state index contributed by atoms with van der Waals surface area (Å²) in [6.45, 7) is 1.52. The van der Waals surface area contributed by atoms with Gasteiger partial charge in [-0.15, -0.1) is 10.2 Å². The van der Waals surface area contributed by atoms with E-state index in [4.69, 9.17) is 13.6 Å². The molecule has 10 nitrogen and oxygen atoms in total. The lowest BCUT2D eigenvalue weighted by Crippen LogP contribution is -2.12. The zero-order chi connectivity index (χ0) is 21.3. The van der Waals surface area contributed by atoms with Crippen LogP contribution in [0.15, 0.2) is 68.2 Å². The van der Waals surface area contributed by atoms with Gasteiger partial charge in [0, 0.05) is 23.8 Å². The van der Waals surface area contributed by atoms with Crippen LogP contribution < -0.4 is 5.43 Å². The van der Waals surface area contributed by atoms with Crippen molar-refractivity contribution < 1.29 is 23.3 Å². The topological polar surface area (TPSA) is 139 Å². The molecular weight excluding hydrogens is 394 g/mol. The summed E-state index contributed by atoms with van der Waals surface area (Å²) in [4.78, 5) is 34.7. The maximum atomic E-state index is 12.4. The van der Waals surface area contributed by atoms with Gasteiger partial charge in [0.05, 0.1) is 10.3 Å². The molecule has 1 atom stereocenters. The van der Waals surface area contributed by atoms with E-state index < -0.39 is 17.0 Å². The number of nitrogens with zero attached hydrogens (tertiary/aromatic N) is 3. The number of ether oxygens (including phenoxy) is 1. The van der Waals surface area contributed by atoms with Crippen molar-refractivity contribution in [2.75, 3.05) is 0 Å². The quantitative estimate of drug-likeness (QED) is 0.275. The number of benzene rings is 2. The Morgan fingerprint density at radius 1 is 1.10 bits per heavy atom. The van der Waals surface area contributed by atoms with E-state index in [-0.39, 0.29) is 34.2 Å². The summed E-state index contributed by atoms with van der Waals surface area (Å²) >= 11 is 0. The fourth-order valence-electron chi connectivity index (χ4n) is 2.71. The zero-order valence-corrected chi connectivity index (χ0v) is 15.5. The second-order valence-electron chi connectivity index (χ2n) is 6.27. The van der Waals surface area contributed by atoms with Gasteiger partial charge in [0.2, 0.25) is 11.7 Å². The summed E-state index contributed by atoms with van der Waals surface area (Å²) < 4.78 is 16.2. The van der Waals surface area contributed by atoms with E-state index in [2.05, 4.69) is 10.2 Å². The monoisotopic (exact) mass is 407 g/mol. The molecule has 0 unspecified atom stereocenters. The fourth-order valence-corrected chi connectivity index (χ4v) is 2.71. The lowest BCUT2D eigenvalue weighted by atomic mass is 10.2. The number of carbonyl (C=O) groups is 1. The third kappa shape index (κ3) is 3.65. The molecule has 30 heavy (non-hydrogen) atoms. The minimum Gasteiger partial charge on any atom is -0.449 e. The summed E-state index contributed by atoms with van der Waals surface area (Å²) in [5, 5.41) is 18.8. The van der Waals surface area contributed by atoms with E-state index in [1.54, 1.807) is 24.3 Å². The number of para-hydroxylation sites is 1. The van der Waals surface area contributed by atoms with Crippen LogP contribution in [-0.2, 0) is 4.74 Å². The van der Waals surface area contributed by atoms with Crippen molar-refractivity contribution in [1.82, 2.24) is 10.2 Å². The predicted molar refractivity (Wildman–Crippen MR) is 103 cm³/mol. The van der Waals surface area contributed by atoms with Gasteiger partial charge in [0.15, 0.2) is 11.5 Å². The molecule has 0 aliphatic heterocycles. The van der Waals surface area contributed by atoms with Gasteiger partial charge in [0.25, 0.3) is 11.6 Å². The van der Waals surface area contributed by atoms with Gasteiger partial charge in [0.1, 0.15) is 5.58 Å². The van der Waals surface area contributed by atoms with Crippen molar-refractivity contribution >= 4 is 22.6 Å². The highest BCUT2D eigenvalue weighted by Gasteiger charge is 2.22. The van der Waals surface area contributed by atoms with Crippen molar-refractivity contribution in [2.45, 2.75) is 13.0 Å². The number of aromatic nitrogens is 2. The minimum atomic E-state index is -0.923. The third-order valence-corrected chi connectivity index (χ3v) is 4.23. The van der Waals surface area contributed by atoms with Crippen LogP contribution in [0.2, 0.25) is 0 Å². The van der Waals surface area contributed by atoms with Crippen LogP contribution in [-0.4, -0.2) is 21.1 Å². The number of rotatable bonds is 5. The SMILES string of the molecule is C[C@@H](OC(=O)c1cc(=O)c2ccccc2o1)c1nnc(-c2ccc([N+](=O)[O-])cc2)o1. The summed E-state index contributed by atoms with van der Waals surface area (Å²) in [7, 11) is 0. The van der Waals surface area contributed by atoms with Gasteiger partial charge in [-0.1, -0.05) is 12.1 Å². The molecule has 0 aliphatic rings. The van der Waals surface area contributed by atoms with Gasteiger partial charge in [-0.05, 0) is 31.2 Å². The molecule has 2 heterocycles. The molecule has 0 amide bonds. The van der Waals surface area contributed by atoms with Crippen LogP contribution in [0.3, 0.4) is 0 Å². The van der Waals surface area contributed by atoms with Crippen molar-refractivity contribution in [3.63, 3.8) is 0 Å². The highest BCUT2D eigenvalue weighted by molar-refractivity contribution is 5.89. The number of fused-ring (bicyclic) bond motifs is 1. The Balaban J connectivity index is 1.52. The average Bonchev–Trinajstić information content (AvgIpc) is 3.24. The zero-order valence-electron chi connectivity index (χ0n) is 15.5. The first kappa shape index (κ1) is 19.0. The molecular formula is C20H13N3O7. The summed E-state index contributed by atoms with van der Waals surface area (Å²) in [6.07, 6.45) is -0.923. The van der Waals surface area contributed by atoms with Gasteiger partial charge >= 0.3 is 5.97 Å². The fraction of sp³-hybridized carbons (Fsp3) is 0.100. The first-order valence-electron chi connectivity index (χ1n) is 8.74. The van der Waals surface area contributed by atoms with Crippen molar-refractivity contribution in [2.24, 2.45) is 0 Å². The highest BCUT2D eigenvalue weighted by atomic mass is 16.6. The van der Waals surface area contributed by atoms with Gasteiger partial charge < -0.3 is 13.6 Å². The van der Waals surface area contributed by atoms with Crippen LogP contribution >= 0.6 is 0 Å². The maximum Gasteiger partial charge on any atom is 0.375 e. The third-order valence-electron chi connectivity index (χ3n) is 4.23. The Morgan fingerprint density at radius 2 is 1.83 bits per heavy atom. The van der Waals surface area contributed by atoms with Gasteiger partial charge in [-0.2, -0.15) is 0 Å². The summed E-state index contributed by atoms with van der Waals surface area (Å²) in [5.74, 6) is -0.985. The minimum absolute atomic E-state index is 0.0137. The number of hydrogen-bond acceptors (Lipinski definition) is 9. The Hall–Kier alpha value is -4.34. The lowest BCUT2D eigenvalue weighted by molar-refractivity contribution is -0.384. The average molecular weight is 407 g/mol. The number of nitro groups is 1. The Labute approximate surface area is 167 Å². The molecule has 4 aromatic rings. The van der Waals surface area contributed by atoms with Crippen molar-refractivity contribution in [3.05, 3.63) is 86.6 Å². The molecule has 0 fully saturated rings. The molecule has 0 saturated heterocycles. The van der Waals surface area contributed by atoms with E-state index in [1.165, 1.54) is 31.2 Å². The number of hydrogen-bond donors (Lipinski definition) is 0. The van der Waals surface area contributed by atoms with E-state index in [0.717, 1.165) is 6.07 Å². The first-order chi connectivity index (χ1) is 14.4. The molecule has 4 rings (SSSR count). The van der Waals surface area contributed by atoms with E-state index in [0.29, 0.717) is 10.9 Å². The van der Waals surface area contributed by atoms with Crippen LogP contribution in [0.1, 0.15) is 29.5 Å². The molecule has 0 spiro atoms. The molecule has 0 radical (unpaired) electrons. The molecule has 2 aromatic carbocycles. The summed E-state index contributed by atoms with van der Waals surface area (Å²) in [6, 6.07) is 13.2. The Bertz CT molecular complexity index is 1310. The smallest absolute Gasteiger partial charge is 0.375 e. The summed E-state index contributed by atoms with van der Waals surface area (Å²) in [5.41, 5.74) is 0.300. The molecule has 2 aromatic heterocycles. The first-order valence-corrected chi connectivity index (χ1v) is 8.74. The molecule has 0 N–H and O–H groups in total. The van der Waals surface area contributed by atoms with Crippen molar-refractivity contribution in [3.8, 4) is 11.5 Å². The number of nitro benzene ring substituents is 1. The second-order valence-corrected chi connectivity index (χ2v) is 6.27. The van der Waals surface area contributed by atoms with E-state index >= 15 is 0 Å². The van der Waals surface area contributed by atoms with Crippen LogP contribution in [0, 0.1) is 10.1 Å². The number of esters is 1. The molecule has 0 saturated carbocycles.